The van der Waals surface area contributed by atoms with E-state index in [4.69, 9.17) is 4.74 Å². The molecular weight excluding hydrogens is 478 g/mol. The van der Waals surface area contributed by atoms with Crippen molar-refractivity contribution in [2.45, 2.75) is 29.6 Å². The summed E-state index contributed by atoms with van der Waals surface area (Å²) in [6.45, 7) is 8.97. The zero-order valence-electron chi connectivity index (χ0n) is 20.2. The third-order valence-electron chi connectivity index (χ3n) is 6.52. The number of aromatic hydroxyl groups is 1. The molecule has 0 radical (unpaired) electrons. The molecule has 0 atom stereocenters. The van der Waals surface area contributed by atoms with Crippen LogP contribution in [0.5, 0.6) is 11.5 Å². The molecule has 1 fully saturated rings. The van der Waals surface area contributed by atoms with Gasteiger partial charge in [0.2, 0.25) is 0 Å². The molecule has 3 aromatic carbocycles. The molecule has 0 saturated carbocycles. The van der Waals surface area contributed by atoms with Gasteiger partial charge in [0.1, 0.15) is 11.5 Å². The summed E-state index contributed by atoms with van der Waals surface area (Å²) in [5, 5.41) is 10.6. The van der Waals surface area contributed by atoms with Gasteiger partial charge in [-0.25, -0.2) is 0 Å². The van der Waals surface area contributed by atoms with Crippen molar-refractivity contribution >= 4 is 41.2 Å². The van der Waals surface area contributed by atoms with Gasteiger partial charge in [-0.1, -0.05) is 49.0 Å². The maximum Gasteiger partial charge on any atom is 0.142 e. The van der Waals surface area contributed by atoms with E-state index in [9.17, 15) is 5.11 Å². The second kappa shape index (κ2) is 11.9. The summed E-state index contributed by atoms with van der Waals surface area (Å²) < 4.78 is 5.98. The number of anilines is 3. The van der Waals surface area contributed by atoms with Crippen LogP contribution in [-0.2, 0) is 0 Å². The molecule has 35 heavy (non-hydrogen) atoms. The van der Waals surface area contributed by atoms with Gasteiger partial charge in [0, 0.05) is 42.5 Å². The summed E-state index contributed by atoms with van der Waals surface area (Å²) in [6, 6.07) is 22.7. The highest BCUT2D eigenvalue weighted by molar-refractivity contribution is 7.99. The highest BCUT2D eigenvalue weighted by atomic mass is 35.5. The van der Waals surface area contributed by atoms with Gasteiger partial charge in [-0.2, -0.15) is 0 Å². The van der Waals surface area contributed by atoms with Crippen LogP contribution in [0, 0.1) is 0 Å². The van der Waals surface area contributed by atoms with Crippen LogP contribution in [0.1, 0.15) is 19.8 Å². The minimum absolute atomic E-state index is 0. The maximum atomic E-state index is 10.6. The average Bonchev–Trinajstić information content (AvgIpc) is 2.88. The van der Waals surface area contributed by atoms with Gasteiger partial charge >= 0.3 is 0 Å². The van der Waals surface area contributed by atoms with Gasteiger partial charge < -0.3 is 19.6 Å². The zero-order chi connectivity index (χ0) is 23.3. The number of para-hydroxylation sites is 4. The van der Waals surface area contributed by atoms with Crippen molar-refractivity contribution in [1.29, 1.82) is 0 Å². The Hall–Kier alpha value is -2.54. The minimum Gasteiger partial charge on any atom is -0.506 e. The van der Waals surface area contributed by atoms with Crippen molar-refractivity contribution in [2.75, 3.05) is 55.7 Å². The molecule has 0 unspecified atom stereocenters. The van der Waals surface area contributed by atoms with Crippen molar-refractivity contribution in [2.24, 2.45) is 0 Å². The van der Waals surface area contributed by atoms with Gasteiger partial charge in [0.05, 0.1) is 23.7 Å². The van der Waals surface area contributed by atoms with E-state index < -0.39 is 0 Å². The molecule has 1 N–H and O–H groups in total. The quantitative estimate of drug-likeness (QED) is 0.376. The van der Waals surface area contributed by atoms with Crippen LogP contribution in [0.2, 0.25) is 0 Å². The van der Waals surface area contributed by atoms with Gasteiger partial charge in [0.25, 0.3) is 0 Å². The Kier molecular flexibility index (Phi) is 8.71. The van der Waals surface area contributed by atoms with E-state index in [2.05, 4.69) is 76.2 Å². The highest BCUT2D eigenvalue weighted by Gasteiger charge is 2.26. The van der Waals surface area contributed by atoms with Crippen molar-refractivity contribution in [3.63, 3.8) is 0 Å². The monoisotopic (exact) mass is 511 g/mol. The van der Waals surface area contributed by atoms with Crippen molar-refractivity contribution in [3.8, 4) is 11.5 Å². The molecule has 0 bridgehead atoms. The Morgan fingerprint density at radius 2 is 1.54 bits per heavy atom. The van der Waals surface area contributed by atoms with Crippen molar-refractivity contribution in [3.05, 3.63) is 66.7 Å². The Bertz CT molecular complexity index is 1120. The van der Waals surface area contributed by atoms with Crippen LogP contribution < -0.4 is 14.5 Å². The molecule has 0 spiro atoms. The molecule has 2 aliphatic heterocycles. The standard InChI is InChI=1S/C28H33N3O2S.ClH/c1-2-21-33-25-12-5-3-9-22(25)30-19-17-29(18-20-30)15-8-16-31-23-10-4-6-13-26(23)34-27-14-7-11-24(32)28(27)31;/h3-7,9-14,32H,2,8,15-21H2,1H3;1H. The first-order chi connectivity index (χ1) is 16.7. The van der Waals surface area contributed by atoms with E-state index in [1.807, 2.05) is 6.07 Å². The molecule has 3 aromatic rings. The second-order valence-corrected chi connectivity index (χ2v) is 9.93. The van der Waals surface area contributed by atoms with Crippen LogP contribution in [0.15, 0.2) is 76.5 Å². The molecule has 2 heterocycles. The normalized spacial score (nSPS) is 15.2. The van der Waals surface area contributed by atoms with E-state index in [1.54, 1.807) is 17.8 Å². The van der Waals surface area contributed by atoms with Gasteiger partial charge in [-0.15, -0.1) is 12.4 Å². The third kappa shape index (κ3) is 5.66. The smallest absolute Gasteiger partial charge is 0.142 e. The summed E-state index contributed by atoms with van der Waals surface area (Å²) >= 11 is 1.74. The maximum absolute atomic E-state index is 10.6. The largest absolute Gasteiger partial charge is 0.506 e. The molecular formula is C28H34ClN3O2S. The molecule has 7 heteroatoms. The Labute approximate surface area is 219 Å². The van der Waals surface area contributed by atoms with Crippen LogP contribution in [0.25, 0.3) is 0 Å². The molecule has 0 aliphatic carbocycles. The number of halogens is 1. The molecule has 2 aliphatic rings. The summed E-state index contributed by atoms with van der Waals surface area (Å²) in [7, 11) is 0. The van der Waals surface area contributed by atoms with Crippen LogP contribution in [0.3, 0.4) is 0 Å². The Morgan fingerprint density at radius 1 is 0.829 bits per heavy atom. The van der Waals surface area contributed by atoms with E-state index in [0.717, 1.165) is 75.0 Å². The summed E-state index contributed by atoms with van der Waals surface area (Å²) in [4.78, 5) is 9.68. The third-order valence-corrected chi connectivity index (χ3v) is 7.63. The van der Waals surface area contributed by atoms with Crippen molar-refractivity contribution in [1.82, 2.24) is 4.90 Å². The SMILES string of the molecule is CCCOc1ccccc1N1CCN(CCCN2c3ccccc3Sc3cccc(O)c32)CC1.Cl. The summed E-state index contributed by atoms with van der Waals surface area (Å²) in [5.41, 5.74) is 3.35. The number of ether oxygens (including phenoxy) is 1. The number of nitrogens with zero attached hydrogens (tertiary/aromatic N) is 3. The Balaban J connectivity index is 0.00000289. The fraction of sp³-hybridized carbons (Fsp3) is 0.357. The lowest BCUT2D eigenvalue weighted by molar-refractivity contribution is 0.254. The van der Waals surface area contributed by atoms with E-state index in [1.165, 1.54) is 16.3 Å². The van der Waals surface area contributed by atoms with Gasteiger partial charge in [-0.05, 0) is 55.8 Å². The number of piperazine rings is 1. The fourth-order valence-electron chi connectivity index (χ4n) is 4.82. The topological polar surface area (TPSA) is 39.2 Å². The highest BCUT2D eigenvalue weighted by Crippen LogP contribution is 2.51. The molecule has 5 nitrogen and oxygen atoms in total. The lowest BCUT2D eigenvalue weighted by Gasteiger charge is -2.37. The first-order valence-electron chi connectivity index (χ1n) is 12.3. The second-order valence-electron chi connectivity index (χ2n) is 8.84. The van der Waals surface area contributed by atoms with Crippen molar-refractivity contribution < 1.29 is 9.84 Å². The van der Waals surface area contributed by atoms with E-state index in [0.29, 0.717) is 5.75 Å². The number of fused-ring (bicyclic) bond motifs is 2. The number of phenols is 1. The van der Waals surface area contributed by atoms with Crippen LogP contribution >= 0.6 is 24.2 Å². The molecule has 1 saturated heterocycles. The predicted octanol–water partition coefficient (Wildman–Crippen LogP) is 6.42. The molecule has 5 rings (SSSR count). The number of phenolic OH excluding ortho intramolecular Hbond substituents is 1. The number of benzene rings is 3. The molecule has 0 aromatic heterocycles. The minimum atomic E-state index is 0. The number of rotatable bonds is 8. The first kappa shape index (κ1) is 25.5. The van der Waals surface area contributed by atoms with Gasteiger partial charge in [-0.3, -0.25) is 4.90 Å². The summed E-state index contributed by atoms with van der Waals surface area (Å²) in [5.74, 6) is 1.36. The number of hydrogen-bond donors (Lipinski definition) is 1. The van der Waals surface area contributed by atoms with E-state index >= 15 is 0 Å². The average molecular weight is 512 g/mol. The predicted molar refractivity (Wildman–Crippen MR) is 148 cm³/mol. The zero-order valence-corrected chi connectivity index (χ0v) is 21.9. The first-order valence-corrected chi connectivity index (χ1v) is 13.1. The molecule has 0 amide bonds. The summed E-state index contributed by atoms with van der Waals surface area (Å²) in [6.07, 6.45) is 2.06. The number of hydrogen-bond acceptors (Lipinski definition) is 6. The lowest BCUT2D eigenvalue weighted by atomic mass is 10.2. The van der Waals surface area contributed by atoms with Gasteiger partial charge in [0.15, 0.2) is 0 Å². The molecule has 186 valence electrons. The lowest BCUT2D eigenvalue weighted by Crippen LogP contribution is -2.47. The van der Waals surface area contributed by atoms with Crippen LogP contribution in [0.4, 0.5) is 17.1 Å². The van der Waals surface area contributed by atoms with E-state index in [-0.39, 0.29) is 12.4 Å². The fourth-order valence-corrected chi connectivity index (χ4v) is 5.94. The Morgan fingerprint density at radius 3 is 2.34 bits per heavy atom. The van der Waals surface area contributed by atoms with Crippen LogP contribution in [-0.4, -0.2) is 55.9 Å².